The third-order valence-electron chi connectivity index (χ3n) is 4.44. The lowest BCUT2D eigenvalue weighted by Gasteiger charge is -2.17. The number of imidazole rings is 1. The Morgan fingerprint density at radius 2 is 1.89 bits per heavy atom. The maximum atomic E-state index is 13.9. The molecule has 6 nitrogen and oxygen atoms in total. The van der Waals surface area contributed by atoms with Gasteiger partial charge >= 0.3 is 5.97 Å². The molecule has 4 rings (SSSR count). The van der Waals surface area contributed by atoms with Crippen LogP contribution in [0.1, 0.15) is 15.9 Å². The average Bonchev–Trinajstić information content (AvgIpc) is 3.17. The number of hydrogen-bond acceptors (Lipinski definition) is 3. The molecule has 0 bridgehead atoms. The Morgan fingerprint density at radius 3 is 2.61 bits per heavy atom. The van der Waals surface area contributed by atoms with Crippen LogP contribution in [0.4, 0.5) is 8.78 Å². The number of rotatable bonds is 4. The van der Waals surface area contributed by atoms with Crippen LogP contribution in [0.25, 0.3) is 16.6 Å². The normalized spacial score (nSPS) is 11.1. The molecule has 0 fully saturated rings. The number of carbonyl (C=O) groups is 1. The molecule has 0 saturated heterocycles. The van der Waals surface area contributed by atoms with Crippen molar-refractivity contribution in [3.05, 3.63) is 94.3 Å². The first-order chi connectivity index (χ1) is 13.5. The number of carboxylic acids is 1. The van der Waals surface area contributed by atoms with Gasteiger partial charge in [0.25, 0.3) is 0 Å². The van der Waals surface area contributed by atoms with Gasteiger partial charge in [-0.25, -0.2) is 18.6 Å². The molecule has 0 atom stereocenters. The zero-order valence-corrected chi connectivity index (χ0v) is 14.3. The van der Waals surface area contributed by atoms with Gasteiger partial charge in [0.05, 0.1) is 29.5 Å². The van der Waals surface area contributed by atoms with Crippen molar-refractivity contribution in [2.45, 2.75) is 6.54 Å². The van der Waals surface area contributed by atoms with E-state index in [2.05, 4.69) is 4.98 Å². The molecule has 0 aliphatic carbocycles. The van der Waals surface area contributed by atoms with Gasteiger partial charge in [-0.05, 0) is 17.7 Å². The molecule has 0 unspecified atom stereocenters. The Bertz CT molecular complexity index is 1260. The first-order valence-corrected chi connectivity index (χ1v) is 8.27. The van der Waals surface area contributed by atoms with Gasteiger partial charge in [0.1, 0.15) is 5.56 Å². The number of aromatic carboxylic acids is 1. The lowest BCUT2D eigenvalue weighted by atomic mass is 10.1. The summed E-state index contributed by atoms with van der Waals surface area (Å²) in [6.07, 6.45) is 6.14. The maximum absolute atomic E-state index is 13.9. The molecule has 2 heterocycles. The van der Waals surface area contributed by atoms with E-state index in [9.17, 15) is 23.5 Å². The van der Waals surface area contributed by atoms with Gasteiger partial charge in [-0.2, -0.15) is 0 Å². The molecule has 0 saturated carbocycles. The van der Waals surface area contributed by atoms with E-state index < -0.39 is 28.6 Å². The molecule has 0 aliphatic rings. The fraction of sp³-hybridized carbons (Fsp3) is 0.0500. The predicted molar refractivity (Wildman–Crippen MR) is 97.7 cm³/mol. The third-order valence-corrected chi connectivity index (χ3v) is 4.44. The standard InChI is InChI=1S/C20H13F2N3O3/c21-15-7-13-18(8-16(15)22)25(10-14(19(13)26)20(27)28)17-4-2-1-3-12(17)9-24-6-5-23-11-24/h1-8,10-11H,9H2,(H,27,28). The van der Waals surface area contributed by atoms with Crippen LogP contribution in [-0.2, 0) is 6.54 Å². The van der Waals surface area contributed by atoms with Crippen molar-refractivity contribution in [1.82, 2.24) is 14.1 Å². The fourth-order valence-electron chi connectivity index (χ4n) is 3.13. The summed E-state index contributed by atoms with van der Waals surface area (Å²) in [5, 5.41) is 9.19. The molecule has 0 amide bonds. The first kappa shape index (κ1) is 17.6. The highest BCUT2D eigenvalue weighted by Gasteiger charge is 2.19. The van der Waals surface area contributed by atoms with Gasteiger partial charge in [0, 0.05) is 24.7 Å². The summed E-state index contributed by atoms with van der Waals surface area (Å²) in [4.78, 5) is 28.0. The number of halogens is 2. The molecule has 140 valence electrons. The van der Waals surface area contributed by atoms with Gasteiger partial charge in [-0.15, -0.1) is 0 Å². The number of nitrogens with zero attached hydrogens (tertiary/aromatic N) is 3. The van der Waals surface area contributed by atoms with E-state index in [4.69, 9.17) is 0 Å². The highest BCUT2D eigenvalue weighted by molar-refractivity contribution is 5.93. The predicted octanol–water partition coefficient (Wildman–Crippen LogP) is 3.21. The van der Waals surface area contributed by atoms with E-state index in [0.29, 0.717) is 12.2 Å². The minimum atomic E-state index is -1.45. The Hall–Kier alpha value is -3.81. The number of hydrogen-bond donors (Lipinski definition) is 1. The van der Waals surface area contributed by atoms with Crippen molar-refractivity contribution in [3.63, 3.8) is 0 Å². The molecule has 0 radical (unpaired) electrons. The second-order valence-electron chi connectivity index (χ2n) is 6.19. The van der Waals surface area contributed by atoms with Crippen LogP contribution in [0.15, 0.2) is 66.1 Å². The lowest BCUT2D eigenvalue weighted by molar-refractivity contribution is 0.0695. The monoisotopic (exact) mass is 381 g/mol. The molecule has 0 spiro atoms. The van der Waals surface area contributed by atoms with Gasteiger partial charge in [0.15, 0.2) is 11.6 Å². The molecular weight excluding hydrogens is 368 g/mol. The smallest absolute Gasteiger partial charge is 0.341 e. The van der Waals surface area contributed by atoms with Crippen LogP contribution >= 0.6 is 0 Å². The van der Waals surface area contributed by atoms with E-state index >= 15 is 0 Å². The van der Waals surface area contributed by atoms with Gasteiger partial charge < -0.3 is 14.2 Å². The van der Waals surface area contributed by atoms with Gasteiger partial charge in [-0.3, -0.25) is 4.79 Å². The Balaban J connectivity index is 2.04. The summed E-state index contributed by atoms with van der Waals surface area (Å²) in [7, 11) is 0. The topological polar surface area (TPSA) is 77.1 Å². The highest BCUT2D eigenvalue weighted by Crippen LogP contribution is 2.23. The number of pyridine rings is 1. The van der Waals surface area contributed by atoms with E-state index in [1.165, 1.54) is 4.57 Å². The number of benzene rings is 2. The van der Waals surface area contributed by atoms with Crippen LogP contribution in [0.3, 0.4) is 0 Å². The summed E-state index contributed by atoms with van der Waals surface area (Å²) in [5.74, 6) is -3.79. The van der Waals surface area contributed by atoms with Gasteiger partial charge in [0.2, 0.25) is 5.43 Å². The number of fused-ring (bicyclic) bond motifs is 1. The zero-order chi connectivity index (χ0) is 19.8. The van der Waals surface area contributed by atoms with Crippen molar-refractivity contribution in [2.24, 2.45) is 0 Å². The molecular formula is C20H13F2N3O3. The number of para-hydroxylation sites is 1. The maximum Gasteiger partial charge on any atom is 0.341 e. The summed E-state index contributed by atoms with van der Waals surface area (Å²) in [6.45, 7) is 0.413. The SMILES string of the molecule is O=C(O)c1cn(-c2ccccc2Cn2ccnc2)c2cc(F)c(F)cc2c1=O. The fourth-order valence-corrected chi connectivity index (χ4v) is 3.13. The summed E-state index contributed by atoms with van der Waals surface area (Å²) in [6, 6.07) is 8.69. The number of aromatic nitrogens is 3. The molecule has 2 aromatic heterocycles. The molecule has 0 aliphatic heterocycles. The molecule has 4 aromatic rings. The number of carboxylic acid groups (broad SMARTS) is 1. The molecule has 2 aromatic carbocycles. The second-order valence-corrected chi connectivity index (χ2v) is 6.19. The molecule has 8 heteroatoms. The largest absolute Gasteiger partial charge is 0.477 e. The van der Waals surface area contributed by atoms with Crippen LogP contribution in [0.2, 0.25) is 0 Å². The highest BCUT2D eigenvalue weighted by atomic mass is 19.2. The third kappa shape index (κ3) is 2.94. The van der Waals surface area contributed by atoms with Crippen molar-refractivity contribution in [3.8, 4) is 5.69 Å². The summed E-state index contributed by atoms with van der Waals surface area (Å²) in [5.41, 5.74) is -0.0195. The Kier molecular flexibility index (Phi) is 4.23. The molecule has 28 heavy (non-hydrogen) atoms. The van der Waals surface area contributed by atoms with E-state index in [0.717, 1.165) is 23.9 Å². The van der Waals surface area contributed by atoms with E-state index in [-0.39, 0.29) is 10.9 Å². The summed E-state index contributed by atoms with van der Waals surface area (Å²) >= 11 is 0. The Morgan fingerprint density at radius 1 is 1.14 bits per heavy atom. The van der Waals surface area contributed by atoms with Gasteiger partial charge in [-0.1, -0.05) is 18.2 Å². The van der Waals surface area contributed by atoms with Crippen LogP contribution in [-0.4, -0.2) is 25.2 Å². The van der Waals surface area contributed by atoms with Crippen molar-refractivity contribution in [1.29, 1.82) is 0 Å². The Labute approximate surface area is 156 Å². The summed E-state index contributed by atoms with van der Waals surface area (Å²) < 4.78 is 30.9. The minimum Gasteiger partial charge on any atom is -0.477 e. The van der Waals surface area contributed by atoms with Crippen molar-refractivity contribution >= 4 is 16.9 Å². The van der Waals surface area contributed by atoms with Crippen molar-refractivity contribution in [2.75, 3.05) is 0 Å². The van der Waals surface area contributed by atoms with E-state index in [1.807, 2.05) is 10.6 Å². The average molecular weight is 381 g/mol. The zero-order valence-electron chi connectivity index (χ0n) is 14.3. The van der Waals surface area contributed by atoms with E-state index in [1.54, 1.807) is 36.9 Å². The minimum absolute atomic E-state index is 0.0759. The van der Waals surface area contributed by atoms with Crippen LogP contribution < -0.4 is 5.43 Å². The lowest BCUT2D eigenvalue weighted by Crippen LogP contribution is -2.19. The first-order valence-electron chi connectivity index (χ1n) is 8.27. The molecule has 1 N–H and O–H groups in total. The van der Waals surface area contributed by atoms with Crippen LogP contribution in [0.5, 0.6) is 0 Å². The second kappa shape index (κ2) is 6.73. The van der Waals surface area contributed by atoms with Crippen molar-refractivity contribution < 1.29 is 18.7 Å². The van der Waals surface area contributed by atoms with Crippen LogP contribution in [0, 0.1) is 11.6 Å². The quantitative estimate of drug-likeness (QED) is 0.589.